The van der Waals surface area contributed by atoms with E-state index in [0.29, 0.717) is 6.54 Å². The molecule has 1 unspecified atom stereocenters. The third-order valence-electron chi connectivity index (χ3n) is 3.31. The second-order valence-corrected chi connectivity index (χ2v) is 4.58. The highest BCUT2D eigenvalue weighted by atomic mass is 16.2. The van der Waals surface area contributed by atoms with Crippen LogP contribution in [0.3, 0.4) is 0 Å². The van der Waals surface area contributed by atoms with Crippen LogP contribution in [0.5, 0.6) is 0 Å². The van der Waals surface area contributed by atoms with Crippen LogP contribution in [0.4, 0.5) is 0 Å². The lowest BCUT2D eigenvalue weighted by Gasteiger charge is -2.22. The minimum absolute atomic E-state index is 0.0423. The quantitative estimate of drug-likeness (QED) is 0.776. The first-order valence-electron chi connectivity index (χ1n) is 6.06. The molecule has 17 heavy (non-hydrogen) atoms. The molecule has 2 rings (SSSR count). The van der Waals surface area contributed by atoms with Crippen LogP contribution in [0.2, 0.25) is 0 Å². The van der Waals surface area contributed by atoms with Gasteiger partial charge in [0.15, 0.2) is 5.82 Å². The van der Waals surface area contributed by atoms with E-state index in [1.165, 1.54) is 0 Å². The van der Waals surface area contributed by atoms with Crippen molar-refractivity contribution >= 4 is 5.91 Å². The first-order valence-corrected chi connectivity index (χ1v) is 6.06. The molecule has 2 N–H and O–H groups in total. The van der Waals surface area contributed by atoms with Crippen molar-refractivity contribution in [1.82, 2.24) is 25.4 Å². The molecule has 0 spiro atoms. The number of rotatable bonds is 4. The fourth-order valence-corrected chi connectivity index (χ4v) is 2.12. The number of carbonyl (C=O) groups excluding carboxylic acids is 1. The molecule has 1 aromatic heterocycles. The summed E-state index contributed by atoms with van der Waals surface area (Å²) >= 11 is 0. The van der Waals surface area contributed by atoms with Crippen LogP contribution in [0.15, 0.2) is 6.33 Å². The van der Waals surface area contributed by atoms with Gasteiger partial charge in [0.1, 0.15) is 6.33 Å². The van der Waals surface area contributed by atoms with Gasteiger partial charge in [-0.2, -0.15) is 0 Å². The maximum atomic E-state index is 12.0. The summed E-state index contributed by atoms with van der Waals surface area (Å²) in [6, 6.07) is 0. The molecule has 6 nitrogen and oxygen atoms in total. The van der Waals surface area contributed by atoms with Crippen molar-refractivity contribution in [3.8, 4) is 0 Å². The standard InChI is InChI=1S/C11H19N5O/c1-3-16-8-14-15-9(16)7-12-10(17)11(2)5-4-6-13-11/h8,13H,3-7H2,1-2H3,(H,12,17). The van der Waals surface area contributed by atoms with E-state index in [0.717, 1.165) is 31.8 Å². The van der Waals surface area contributed by atoms with Crippen molar-refractivity contribution < 1.29 is 4.79 Å². The zero-order valence-electron chi connectivity index (χ0n) is 10.4. The van der Waals surface area contributed by atoms with E-state index in [-0.39, 0.29) is 5.91 Å². The SMILES string of the molecule is CCn1cnnc1CNC(=O)C1(C)CCCN1. The van der Waals surface area contributed by atoms with E-state index < -0.39 is 5.54 Å². The van der Waals surface area contributed by atoms with Crippen molar-refractivity contribution in [2.75, 3.05) is 6.54 Å². The second-order valence-electron chi connectivity index (χ2n) is 4.58. The molecule has 6 heteroatoms. The van der Waals surface area contributed by atoms with E-state index in [2.05, 4.69) is 20.8 Å². The molecule has 1 amide bonds. The van der Waals surface area contributed by atoms with Crippen molar-refractivity contribution in [1.29, 1.82) is 0 Å². The van der Waals surface area contributed by atoms with Crippen LogP contribution in [0.1, 0.15) is 32.5 Å². The van der Waals surface area contributed by atoms with Crippen molar-refractivity contribution in [3.05, 3.63) is 12.2 Å². The number of hydrogen-bond acceptors (Lipinski definition) is 4. The number of aromatic nitrogens is 3. The van der Waals surface area contributed by atoms with Gasteiger partial charge in [0.05, 0.1) is 12.1 Å². The highest BCUT2D eigenvalue weighted by Gasteiger charge is 2.35. The van der Waals surface area contributed by atoms with Crippen LogP contribution in [-0.2, 0) is 17.9 Å². The second kappa shape index (κ2) is 4.83. The summed E-state index contributed by atoms with van der Waals surface area (Å²) in [6.07, 6.45) is 3.62. The third-order valence-corrected chi connectivity index (χ3v) is 3.31. The maximum absolute atomic E-state index is 12.0. The number of hydrogen-bond donors (Lipinski definition) is 2. The first kappa shape index (κ1) is 12.0. The zero-order valence-corrected chi connectivity index (χ0v) is 10.4. The summed E-state index contributed by atoms with van der Waals surface area (Å²) in [5.74, 6) is 0.836. The van der Waals surface area contributed by atoms with Gasteiger partial charge in [-0.05, 0) is 33.2 Å². The predicted molar refractivity (Wildman–Crippen MR) is 63.2 cm³/mol. The molecule has 1 fully saturated rings. The Morgan fingerprint density at radius 2 is 2.53 bits per heavy atom. The van der Waals surface area contributed by atoms with E-state index >= 15 is 0 Å². The summed E-state index contributed by atoms with van der Waals surface area (Å²) in [4.78, 5) is 12.0. The van der Waals surface area contributed by atoms with Gasteiger partial charge in [-0.1, -0.05) is 0 Å². The fraction of sp³-hybridized carbons (Fsp3) is 0.727. The number of aryl methyl sites for hydroxylation is 1. The average molecular weight is 237 g/mol. The Morgan fingerprint density at radius 3 is 3.18 bits per heavy atom. The van der Waals surface area contributed by atoms with Gasteiger partial charge in [-0.25, -0.2) is 0 Å². The van der Waals surface area contributed by atoms with Crippen molar-refractivity contribution in [2.45, 2.75) is 45.3 Å². The van der Waals surface area contributed by atoms with E-state index in [1.54, 1.807) is 6.33 Å². The highest BCUT2D eigenvalue weighted by molar-refractivity contribution is 5.86. The van der Waals surface area contributed by atoms with Crippen LogP contribution in [-0.4, -0.2) is 32.8 Å². The smallest absolute Gasteiger partial charge is 0.240 e. The molecule has 0 aromatic carbocycles. The number of nitrogens with zero attached hydrogens (tertiary/aromatic N) is 3. The predicted octanol–water partition coefficient (Wildman–Crippen LogP) is 0.0563. The molecular formula is C11H19N5O. The minimum Gasteiger partial charge on any atom is -0.347 e. The van der Waals surface area contributed by atoms with E-state index in [1.807, 2.05) is 18.4 Å². The fourth-order valence-electron chi connectivity index (χ4n) is 2.12. The van der Waals surface area contributed by atoms with Gasteiger partial charge in [0.2, 0.25) is 5.91 Å². The molecule has 0 bridgehead atoms. The topological polar surface area (TPSA) is 71.8 Å². The van der Waals surface area contributed by atoms with Gasteiger partial charge >= 0.3 is 0 Å². The summed E-state index contributed by atoms with van der Waals surface area (Å²) in [5.41, 5.74) is -0.420. The molecule has 1 aliphatic heterocycles. The summed E-state index contributed by atoms with van der Waals surface area (Å²) in [7, 11) is 0. The summed E-state index contributed by atoms with van der Waals surface area (Å²) in [6.45, 7) is 6.13. The van der Waals surface area contributed by atoms with Crippen LogP contribution < -0.4 is 10.6 Å². The molecular weight excluding hydrogens is 218 g/mol. The van der Waals surface area contributed by atoms with Gasteiger partial charge in [-0.3, -0.25) is 4.79 Å². The van der Waals surface area contributed by atoms with Gasteiger partial charge < -0.3 is 15.2 Å². The Balaban J connectivity index is 1.92. The van der Waals surface area contributed by atoms with Crippen molar-refractivity contribution in [2.24, 2.45) is 0 Å². The normalized spacial score (nSPS) is 23.9. The molecule has 1 saturated heterocycles. The third kappa shape index (κ3) is 2.46. The lowest BCUT2D eigenvalue weighted by Crippen LogP contribution is -2.51. The number of carbonyl (C=O) groups is 1. The molecule has 0 saturated carbocycles. The van der Waals surface area contributed by atoms with Gasteiger partial charge in [-0.15, -0.1) is 10.2 Å². The Kier molecular flexibility index (Phi) is 3.42. The highest BCUT2D eigenvalue weighted by Crippen LogP contribution is 2.18. The summed E-state index contributed by atoms with van der Waals surface area (Å²) in [5, 5.41) is 14.0. The molecule has 1 atom stereocenters. The molecule has 0 radical (unpaired) electrons. The first-order chi connectivity index (χ1) is 8.15. The van der Waals surface area contributed by atoms with Crippen molar-refractivity contribution in [3.63, 3.8) is 0 Å². The maximum Gasteiger partial charge on any atom is 0.240 e. The zero-order chi connectivity index (χ0) is 12.3. The van der Waals surface area contributed by atoms with Crippen LogP contribution >= 0.6 is 0 Å². The van der Waals surface area contributed by atoms with Gasteiger partial charge in [0, 0.05) is 6.54 Å². The van der Waals surface area contributed by atoms with Crippen LogP contribution in [0.25, 0.3) is 0 Å². The lowest BCUT2D eigenvalue weighted by atomic mass is 9.99. The number of amides is 1. The van der Waals surface area contributed by atoms with E-state index in [4.69, 9.17) is 0 Å². The minimum atomic E-state index is -0.420. The average Bonchev–Trinajstić information content (AvgIpc) is 2.95. The number of nitrogens with one attached hydrogen (secondary N) is 2. The Bertz CT molecular complexity index is 394. The molecule has 2 heterocycles. The Morgan fingerprint density at radius 1 is 1.71 bits per heavy atom. The van der Waals surface area contributed by atoms with Crippen LogP contribution in [0, 0.1) is 0 Å². The summed E-state index contributed by atoms with van der Waals surface area (Å²) < 4.78 is 1.92. The molecule has 1 aliphatic rings. The van der Waals surface area contributed by atoms with E-state index in [9.17, 15) is 4.79 Å². The molecule has 94 valence electrons. The monoisotopic (exact) mass is 237 g/mol. The molecule has 1 aromatic rings. The molecule has 0 aliphatic carbocycles. The Hall–Kier alpha value is -1.43. The van der Waals surface area contributed by atoms with Gasteiger partial charge in [0.25, 0.3) is 0 Å². The lowest BCUT2D eigenvalue weighted by molar-refractivity contribution is -0.126. The Labute approximate surface area is 101 Å². The largest absolute Gasteiger partial charge is 0.347 e.